The lowest BCUT2D eigenvalue weighted by atomic mass is 9.87. The van der Waals surface area contributed by atoms with E-state index in [-0.39, 0.29) is 11.6 Å². The van der Waals surface area contributed by atoms with Gasteiger partial charge in [-0.25, -0.2) is 0 Å². The van der Waals surface area contributed by atoms with E-state index in [0.717, 1.165) is 22.0 Å². The molecule has 2 aliphatic rings. The Balaban J connectivity index is 2.31. The quantitative estimate of drug-likeness (QED) is 0.702. The summed E-state index contributed by atoms with van der Waals surface area (Å²) in [5.74, 6) is -0.124. The maximum absolute atomic E-state index is 11.9. The third-order valence-corrected chi connectivity index (χ3v) is 3.44. The van der Waals surface area contributed by atoms with Crippen LogP contribution in [-0.2, 0) is 0 Å². The van der Waals surface area contributed by atoms with E-state index >= 15 is 0 Å². The number of Topliss-reactive ketones (excluding diaryl/α,β-unsaturated/α-hetero) is 1. The number of aliphatic imine (C=N–C) groups is 1. The summed E-state index contributed by atoms with van der Waals surface area (Å²) in [6, 6.07) is 7.26. The van der Waals surface area contributed by atoms with Crippen molar-refractivity contribution in [2.45, 2.75) is 0 Å². The lowest BCUT2D eigenvalue weighted by molar-refractivity contribution is 0.104. The molecule has 3 heteroatoms. The minimum absolute atomic E-state index is 0.0202. The fourth-order valence-electron chi connectivity index (χ4n) is 2.61. The molecule has 4 rings (SSSR count). The third kappa shape index (κ3) is 1.01. The number of allylic oxidation sites excluding steroid dienone is 1. The number of hydrogen-bond acceptors (Lipinski definition) is 3. The van der Waals surface area contributed by atoms with Crippen molar-refractivity contribution in [1.29, 1.82) is 0 Å². The molecule has 2 aromatic rings. The van der Waals surface area contributed by atoms with Crippen molar-refractivity contribution in [3.63, 3.8) is 0 Å². The summed E-state index contributed by atoms with van der Waals surface area (Å²) in [4.78, 5) is 27.9. The number of nitrogens with zero attached hydrogens (tertiary/aromatic N) is 1. The minimum atomic E-state index is -0.104. The molecule has 0 bridgehead atoms. The lowest BCUT2D eigenvalue weighted by Gasteiger charge is -2.17. The monoisotopic (exact) mass is 233 g/mol. The number of carbonyl (C=O) groups excluding carboxylic acids is 2. The molecule has 3 nitrogen and oxygen atoms in total. The van der Waals surface area contributed by atoms with Gasteiger partial charge in [-0.1, -0.05) is 12.1 Å². The number of carbonyl (C=O) groups is 2. The van der Waals surface area contributed by atoms with Crippen LogP contribution in [0.15, 0.2) is 35.3 Å². The highest BCUT2D eigenvalue weighted by atomic mass is 16.1. The van der Waals surface area contributed by atoms with Crippen molar-refractivity contribution >= 4 is 40.3 Å². The molecule has 0 N–H and O–H groups in total. The van der Waals surface area contributed by atoms with Crippen LogP contribution < -0.4 is 0 Å². The van der Waals surface area contributed by atoms with E-state index in [2.05, 4.69) is 4.99 Å². The summed E-state index contributed by atoms with van der Waals surface area (Å²) in [6.07, 6.45) is 4.69. The molecule has 0 saturated heterocycles. The van der Waals surface area contributed by atoms with Crippen molar-refractivity contribution in [2.75, 3.05) is 0 Å². The molecule has 0 radical (unpaired) electrons. The predicted octanol–water partition coefficient (Wildman–Crippen LogP) is 2.95. The summed E-state index contributed by atoms with van der Waals surface area (Å²) in [5, 5.41) is 1.65. The van der Waals surface area contributed by atoms with Crippen LogP contribution in [-0.4, -0.2) is 17.8 Å². The molecule has 1 heterocycles. The van der Waals surface area contributed by atoms with Crippen LogP contribution >= 0.6 is 0 Å². The van der Waals surface area contributed by atoms with Gasteiger partial charge in [0.05, 0.1) is 11.9 Å². The fourth-order valence-corrected chi connectivity index (χ4v) is 2.61. The van der Waals surface area contributed by atoms with Gasteiger partial charge in [-0.2, -0.15) is 0 Å². The first-order valence-corrected chi connectivity index (χ1v) is 5.66. The van der Waals surface area contributed by atoms with Crippen molar-refractivity contribution in [3.05, 3.63) is 47.0 Å². The van der Waals surface area contributed by atoms with Crippen molar-refractivity contribution in [1.82, 2.24) is 0 Å². The fraction of sp³-hybridized carbons (Fsp3) is 0. The zero-order chi connectivity index (χ0) is 12.3. The Bertz CT molecular complexity index is 744. The lowest BCUT2D eigenvalue weighted by Crippen LogP contribution is -2.09. The molecular weight excluding hydrogens is 226 g/mol. The van der Waals surface area contributed by atoms with Crippen LogP contribution in [0.4, 0.5) is 5.69 Å². The molecule has 0 amide bonds. The molecular formula is C15H7NO2. The van der Waals surface area contributed by atoms with Gasteiger partial charge < -0.3 is 0 Å². The zero-order valence-electron chi connectivity index (χ0n) is 9.31. The van der Waals surface area contributed by atoms with E-state index in [0.29, 0.717) is 11.1 Å². The maximum atomic E-state index is 11.9. The van der Waals surface area contributed by atoms with Gasteiger partial charge in [0.25, 0.3) is 0 Å². The highest BCUT2D eigenvalue weighted by molar-refractivity contribution is 6.42. The Morgan fingerprint density at radius 2 is 1.56 bits per heavy atom. The van der Waals surface area contributed by atoms with Crippen molar-refractivity contribution < 1.29 is 9.59 Å². The van der Waals surface area contributed by atoms with Gasteiger partial charge in [0, 0.05) is 21.9 Å². The highest BCUT2D eigenvalue weighted by Crippen LogP contribution is 2.38. The van der Waals surface area contributed by atoms with Crippen LogP contribution in [0.1, 0.15) is 26.3 Å². The van der Waals surface area contributed by atoms with Gasteiger partial charge >= 0.3 is 0 Å². The molecule has 0 saturated carbocycles. The van der Waals surface area contributed by atoms with Crippen LogP contribution in [0.2, 0.25) is 0 Å². The average molecular weight is 233 g/mol. The Morgan fingerprint density at radius 1 is 0.778 bits per heavy atom. The Labute approximate surface area is 102 Å². The minimum Gasteiger partial charge on any atom is -0.289 e. The smallest absolute Gasteiger partial charge is 0.204 e. The zero-order valence-corrected chi connectivity index (χ0v) is 9.31. The van der Waals surface area contributed by atoms with Crippen LogP contribution in [0.25, 0.3) is 16.8 Å². The molecule has 0 fully saturated rings. The molecule has 18 heavy (non-hydrogen) atoms. The summed E-state index contributed by atoms with van der Waals surface area (Å²) in [5.41, 5.74) is 3.00. The SMILES string of the molecule is O=C1C=Cc2ccc3c4c(ccc1c24)N=CC3=O. The molecule has 2 aromatic carbocycles. The first-order chi connectivity index (χ1) is 8.75. The Kier molecular flexibility index (Phi) is 1.59. The van der Waals surface area contributed by atoms with Gasteiger partial charge in [0.2, 0.25) is 5.78 Å². The summed E-state index contributed by atoms with van der Waals surface area (Å²) >= 11 is 0. The van der Waals surface area contributed by atoms with E-state index in [1.54, 1.807) is 30.4 Å². The largest absolute Gasteiger partial charge is 0.289 e. The maximum Gasteiger partial charge on any atom is 0.204 e. The van der Waals surface area contributed by atoms with Gasteiger partial charge in [-0.05, 0) is 29.8 Å². The van der Waals surface area contributed by atoms with Crippen molar-refractivity contribution in [2.24, 2.45) is 4.99 Å². The Hall–Kier alpha value is -2.55. The van der Waals surface area contributed by atoms with Crippen molar-refractivity contribution in [3.8, 4) is 0 Å². The molecule has 0 unspecified atom stereocenters. The third-order valence-electron chi connectivity index (χ3n) is 3.44. The molecule has 1 aliphatic heterocycles. The molecule has 0 aromatic heterocycles. The van der Waals surface area contributed by atoms with Gasteiger partial charge in [0.15, 0.2) is 5.78 Å². The molecule has 0 spiro atoms. The number of hydrogen-bond donors (Lipinski definition) is 0. The second kappa shape index (κ2) is 3.01. The van der Waals surface area contributed by atoms with Crippen LogP contribution in [0.5, 0.6) is 0 Å². The number of ketones is 2. The van der Waals surface area contributed by atoms with E-state index in [1.165, 1.54) is 6.21 Å². The van der Waals surface area contributed by atoms with E-state index < -0.39 is 0 Å². The van der Waals surface area contributed by atoms with E-state index in [9.17, 15) is 9.59 Å². The normalized spacial score (nSPS) is 15.6. The standard InChI is InChI=1S/C15H7NO2/c17-12-6-2-8-1-3-10-13(18)7-16-11-5-4-9(12)14(8)15(10)11/h1-7H. The van der Waals surface area contributed by atoms with Gasteiger partial charge in [-0.15, -0.1) is 0 Å². The first kappa shape index (κ1) is 9.48. The predicted molar refractivity (Wildman–Crippen MR) is 69.8 cm³/mol. The summed E-state index contributed by atoms with van der Waals surface area (Å²) in [6.45, 7) is 0. The summed E-state index contributed by atoms with van der Waals surface area (Å²) < 4.78 is 0. The topological polar surface area (TPSA) is 46.5 Å². The highest BCUT2D eigenvalue weighted by Gasteiger charge is 2.22. The second-order valence-electron chi connectivity index (χ2n) is 4.40. The second-order valence-corrected chi connectivity index (χ2v) is 4.40. The average Bonchev–Trinajstić information content (AvgIpc) is 2.40. The first-order valence-electron chi connectivity index (χ1n) is 5.66. The molecule has 1 aliphatic carbocycles. The van der Waals surface area contributed by atoms with E-state index in [1.807, 2.05) is 6.07 Å². The molecule has 0 atom stereocenters. The summed E-state index contributed by atoms with van der Waals surface area (Å²) in [7, 11) is 0. The van der Waals surface area contributed by atoms with Crippen LogP contribution in [0.3, 0.4) is 0 Å². The molecule has 84 valence electrons. The van der Waals surface area contributed by atoms with Crippen LogP contribution in [0, 0.1) is 0 Å². The Morgan fingerprint density at radius 3 is 2.44 bits per heavy atom. The van der Waals surface area contributed by atoms with Gasteiger partial charge in [-0.3, -0.25) is 14.6 Å². The van der Waals surface area contributed by atoms with Gasteiger partial charge in [0.1, 0.15) is 0 Å². The van der Waals surface area contributed by atoms with E-state index in [4.69, 9.17) is 0 Å². The number of benzene rings is 2. The number of rotatable bonds is 0.